The van der Waals surface area contributed by atoms with Crippen molar-refractivity contribution in [2.45, 2.75) is 12.1 Å². The second-order valence-electron chi connectivity index (χ2n) is 5.85. The number of para-hydroxylation sites is 2. The molecule has 0 fully saturated rings. The fourth-order valence-corrected chi connectivity index (χ4v) is 3.37. The highest BCUT2D eigenvalue weighted by Gasteiger charge is 2.13. The summed E-state index contributed by atoms with van der Waals surface area (Å²) >= 11 is 1.24. The summed E-state index contributed by atoms with van der Waals surface area (Å²) in [6, 6.07) is 16.7. The van der Waals surface area contributed by atoms with Gasteiger partial charge in [-0.2, -0.15) is 14.6 Å². The summed E-state index contributed by atoms with van der Waals surface area (Å²) < 4.78 is 1.53. The Hall–Kier alpha value is -3.26. The molecule has 0 aliphatic rings. The van der Waals surface area contributed by atoms with Gasteiger partial charge in [0.1, 0.15) is 5.69 Å². The number of fused-ring (bicyclic) bond motifs is 3. The summed E-state index contributed by atoms with van der Waals surface area (Å²) in [6.45, 7) is 1.60. The van der Waals surface area contributed by atoms with Gasteiger partial charge in [0.15, 0.2) is 10.8 Å². The molecule has 0 bridgehead atoms. The first-order chi connectivity index (χ1) is 13.1. The summed E-state index contributed by atoms with van der Waals surface area (Å²) in [7, 11) is 0. The van der Waals surface area contributed by atoms with E-state index in [2.05, 4.69) is 20.4 Å². The summed E-state index contributed by atoms with van der Waals surface area (Å²) in [4.78, 5) is 33.0. The van der Waals surface area contributed by atoms with E-state index in [1.54, 1.807) is 6.92 Å². The highest BCUT2D eigenvalue weighted by atomic mass is 32.2. The Bertz CT molecular complexity index is 1210. The van der Waals surface area contributed by atoms with Gasteiger partial charge < -0.3 is 5.32 Å². The number of hydrogen-bond donors (Lipinski definition) is 1. The minimum Gasteiger partial charge on any atom is -0.325 e. The van der Waals surface area contributed by atoms with Gasteiger partial charge in [-0.15, -0.1) is 0 Å². The summed E-state index contributed by atoms with van der Waals surface area (Å²) in [6.07, 6.45) is 0. The quantitative estimate of drug-likeness (QED) is 0.334. The summed E-state index contributed by atoms with van der Waals surface area (Å²) in [5.74, 6) is 0.00220. The molecule has 8 heteroatoms. The number of nitrogens with zero attached hydrogens (tertiary/aromatic N) is 4. The molecule has 4 rings (SSSR count). The number of anilines is 1. The Morgan fingerprint density at radius 1 is 1.07 bits per heavy atom. The average Bonchev–Trinajstić information content (AvgIpc) is 2.68. The Morgan fingerprint density at radius 2 is 1.81 bits per heavy atom. The third-order valence-corrected chi connectivity index (χ3v) is 4.83. The van der Waals surface area contributed by atoms with Crippen LogP contribution in [0.25, 0.3) is 16.6 Å². The van der Waals surface area contributed by atoms with Crippen LogP contribution in [0.1, 0.15) is 5.69 Å². The smallest absolute Gasteiger partial charge is 0.294 e. The van der Waals surface area contributed by atoms with Crippen molar-refractivity contribution in [2.24, 2.45) is 0 Å². The molecule has 0 spiro atoms. The van der Waals surface area contributed by atoms with E-state index in [-0.39, 0.29) is 22.9 Å². The van der Waals surface area contributed by atoms with Gasteiger partial charge >= 0.3 is 0 Å². The van der Waals surface area contributed by atoms with E-state index in [0.717, 1.165) is 11.1 Å². The maximum absolute atomic E-state index is 12.3. The van der Waals surface area contributed by atoms with E-state index < -0.39 is 0 Å². The number of carbonyl (C=O) groups is 1. The number of aromatic nitrogens is 4. The van der Waals surface area contributed by atoms with Crippen LogP contribution in [0.3, 0.4) is 0 Å². The van der Waals surface area contributed by atoms with E-state index >= 15 is 0 Å². The van der Waals surface area contributed by atoms with Gasteiger partial charge in [0.2, 0.25) is 5.91 Å². The zero-order chi connectivity index (χ0) is 18.8. The number of benzene rings is 2. The average molecular weight is 377 g/mol. The fourth-order valence-electron chi connectivity index (χ4n) is 2.62. The van der Waals surface area contributed by atoms with E-state index in [4.69, 9.17) is 0 Å². The van der Waals surface area contributed by atoms with Gasteiger partial charge in [-0.05, 0) is 31.2 Å². The van der Waals surface area contributed by atoms with E-state index in [9.17, 15) is 9.59 Å². The zero-order valence-electron chi connectivity index (χ0n) is 14.4. The van der Waals surface area contributed by atoms with Crippen LogP contribution in [-0.4, -0.2) is 31.2 Å². The van der Waals surface area contributed by atoms with Crippen LogP contribution in [0, 0.1) is 6.92 Å². The van der Waals surface area contributed by atoms with Gasteiger partial charge in [-0.1, -0.05) is 42.1 Å². The minimum absolute atomic E-state index is 0.153. The lowest BCUT2D eigenvalue weighted by molar-refractivity contribution is -0.113. The first kappa shape index (κ1) is 17.2. The Labute approximate surface area is 158 Å². The zero-order valence-corrected chi connectivity index (χ0v) is 15.2. The monoisotopic (exact) mass is 377 g/mol. The Kier molecular flexibility index (Phi) is 4.55. The van der Waals surface area contributed by atoms with E-state index in [1.807, 2.05) is 54.6 Å². The van der Waals surface area contributed by atoms with Crippen molar-refractivity contribution in [1.82, 2.24) is 19.6 Å². The number of thioether (sulfide) groups is 1. The predicted molar refractivity (Wildman–Crippen MR) is 105 cm³/mol. The van der Waals surface area contributed by atoms with Crippen LogP contribution >= 0.6 is 11.8 Å². The number of aryl methyl sites for hydroxylation is 1. The maximum atomic E-state index is 12.3. The lowest BCUT2D eigenvalue weighted by Crippen LogP contribution is -2.19. The molecular formula is C19H15N5O2S. The van der Waals surface area contributed by atoms with Crippen LogP contribution in [0.5, 0.6) is 0 Å². The van der Waals surface area contributed by atoms with Crippen molar-refractivity contribution in [2.75, 3.05) is 11.1 Å². The molecule has 0 aliphatic carbocycles. The van der Waals surface area contributed by atoms with Crippen LogP contribution in [0.2, 0.25) is 0 Å². The molecule has 2 aromatic heterocycles. The molecule has 4 aromatic rings. The van der Waals surface area contributed by atoms with Crippen molar-refractivity contribution < 1.29 is 4.79 Å². The molecule has 1 amide bonds. The SMILES string of the molecule is Cc1nn2c(SCC(=O)Nc3ccccc3)nc3ccccc3c2nc1=O. The third-order valence-electron chi connectivity index (χ3n) is 3.90. The first-order valence-corrected chi connectivity index (χ1v) is 9.24. The van der Waals surface area contributed by atoms with Crippen LogP contribution in [-0.2, 0) is 4.79 Å². The largest absolute Gasteiger partial charge is 0.325 e. The van der Waals surface area contributed by atoms with Crippen molar-refractivity contribution in [3.8, 4) is 0 Å². The molecular weight excluding hydrogens is 362 g/mol. The van der Waals surface area contributed by atoms with E-state index in [0.29, 0.717) is 16.3 Å². The number of hydrogen-bond acceptors (Lipinski definition) is 6. The molecule has 0 saturated carbocycles. The maximum Gasteiger partial charge on any atom is 0.294 e. The lowest BCUT2D eigenvalue weighted by Gasteiger charge is -2.10. The molecule has 1 N–H and O–H groups in total. The third kappa shape index (κ3) is 3.52. The van der Waals surface area contributed by atoms with Gasteiger partial charge in [0.25, 0.3) is 5.56 Å². The van der Waals surface area contributed by atoms with Crippen LogP contribution in [0.15, 0.2) is 64.5 Å². The van der Waals surface area contributed by atoms with Gasteiger partial charge in [-0.25, -0.2) is 4.98 Å². The van der Waals surface area contributed by atoms with Gasteiger partial charge in [-0.3, -0.25) is 9.59 Å². The Balaban J connectivity index is 1.69. The number of amides is 1. The topological polar surface area (TPSA) is 89.2 Å². The molecule has 0 atom stereocenters. The molecule has 7 nitrogen and oxygen atoms in total. The molecule has 0 unspecified atom stereocenters. The number of carbonyl (C=O) groups excluding carboxylic acids is 1. The molecule has 0 radical (unpaired) electrons. The molecule has 134 valence electrons. The number of rotatable bonds is 4. The second kappa shape index (κ2) is 7.16. The highest BCUT2D eigenvalue weighted by molar-refractivity contribution is 7.99. The fraction of sp³-hybridized carbons (Fsp3) is 0.105. The van der Waals surface area contributed by atoms with Crippen LogP contribution < -0.4 is 10.9 Å². The van der Waals surface area contributed by atoms with E-state index in [1.165, 1.54) is 16.3 Å². The molecule has 2 aromatic carbocycles. The Morgan fingerprint density at radius 3 is 2.63 bits per heavy atom. The first-order valence-electron chi connectivity index (χ1n) is 8.26. The van der Waals surface area contributed by atoms with Crippen molar-refractivity contribution in [3.05, 3.63) is 70.6 Å². The number of nitrogens with one attached hydrogen (secondary N) is 1. The standard InChI is InChI=1S/C19H15N5O2S/c1-12-18(26)22-17-14-9-5-6-10-15(14)21-19(24(17)23-12)27-11-16(25)20-13-7-3-2-4-8-13/h2-10H,11H2,1H3,(H,20,25). The van der Waals surface area contributed by atoms with Gasteiger partial charge in [0, 0.05) is 11.1 Å². The summed E-state index contributed by atoms with van der Waals surface area (Å²) in [5.41, 5.74) is 1.77. The summed E-state index contributed by atoms with van der Waals surface area (Å²) in [5, 5.41) is 8.39. The van der Waals surface area contributed by atoms with Crippen molar-refractivity contribution in [3.63, 3.8) is 0 Å². The minimum atomic E-state index is -0.371. The second-order valence-corrected chi connectivity index (χ2v) is 6.79. The van der Waals surface area contributed by atoms with Crippen molar-refractivity contribution >= 4 is 39.9 Å². The predicted octanol–water partition coefficient (Wildman–Crippen LogP) is 2.68. The highest BCUT2D eigenvalue weighted by Crippen LogP contribution is 2.22. The molecule has 0 saturated heterocycles. The van der Waals surface area contributed by atoms with Gasteiger partial charge in [0.05, 0.1) is 11.3 Å². The lowest BCUT2D eigenvalue weighted by atomic mass is 10.2. The van der Waals surface area contributed by atoms with Crippen molar-refractivity contribution in [1.29, 1.82) is 0 Å². The molecule has 27 heavy (non-hydrogen) atoms. The normalized spacial score (nSPS) is 11.0. The molecule has 0 aliphatic heterocycles. The van der Waals surface area contributed by atoms with Crippen LogP contribution in [0.4, 0.5) is 5.69 Å². The molecule has 2 heterocycles.